The van der Waals surface area contributed by atoms with E-state index in [2.05, 4.69) is 16.6 Å². The molecule has 0 fully saturated rings. The minimum atomic E-state index is -0.644. The van der Waals surface area contributed by atoms with Crippen molar-refractivity contribution in [3.05, 3.63) is 39.4 Å². The molecule has 0 bridgehead atoms. The zero-order chi connectivity index (χ0) is 14.3. The largest absolute Gasteiger partial charge is 0.465 e. The maximum absolute atomic E-state index is 11.0. The average Bonchev–Trinajstić information content (AvgIpc) is 2.38. The van der Waals surface area contributed by atoms with Gasteiger partial charge < -0.3 is 4.74 Å². The summed E-state index contributed by atoms with van der Waals surface area (Å²) in [4.78, 5) is 21.1. The number of carbonyl (C=O) groups excluding carboxylic acids is 1. The second-order valence-corrected chi connectivity index (χ2v) is 3.38. The van der Waals surface area contributed by atoms with Gasteiger partial charge in [-0.15, -0.1) is 0 Å². The summed E-state index contributed by atoms with van der Waals surface area (Å²) in [5.74, 6) is 4.73. The molecular formula is C13H10N2O4. The third-order valence-electron chi connectivity index (χ3n) is 2.09. The minimum Gasteiger partial charge on any atom is -0.465 e. The Morgan fingerprint density at radius 3 is 2.84 bits per heavy atom. The highest BCUT2D eigenvalue weighted by atomic mass is 16.6. The Kier molecular flexibility index (Phi) is 5.06. The molecule has 1 aromatic carbocycles. The molecule has 0 aliphatic heterocycles. The number of nitrogens with zero attached hydrogens (tertiary/aromatic N) is 2. The van der Waals surface area contributed by atoms with Crippen LogP contribution >= 0.6 is 0 Å². The van der Waals surface area contributed by atoms with Crippen molar-refractivity contribution in [1.82, 2.24) is 0 Å². The van der Waals surface area contributed by atoms with Crippen molar-refractivity contribution >= 4 is 11.7 Å². The van der Waals surface area contributed by atoms with Crippen molar-refractivity contribution in [3.8, 4) is 17.9 Å². The van der Waals surface area contributed by atoms with Gasteiger partial charge >= 0.3 is 5.97 Å². The van der Waals surface area contributed by atoms with Crippen molar-refractivity contribution in [2.75, 3.05) is 6.61 Å². The molecule has 0 spiro atoms. The molecule has 96 valence electrons. The highest BCUT2D eigenvalue weighted by Gasteiger charge is 2.13. The number of rotatable bonds is 3. The number of ether oxygens (including phenoxy) is 1. The van der Waals surface area contributed by atoms with Gasteiger partial charge in [-0.3, -0.25) is 14.9 Å². The molecule has 19 heavy (non-hydrogen) atoms. The third-order valence-corrected chi connectivity index (χ3v) is 2.09. The van der Waals surface area contributed by atoms with Crippen LogP contribution in [0.2, 0.25) is 0 Å². The second kappa shape index (κ2) is 6.77. The number of hydrogen-bond acceptors (Lipinski definition) is 5. The lowest BCUT2D eigenvalue weighted by molar-refractivity contribution is -0.385. The van der Waals surface area contributed by atoms with Crippen LogP contribution in [-0.4, -0.2) is 17.5 Å². The molecule has 0 radical (unpaired) electrons. The molecule has 0 heterocycles. The van der Waals surface area contributed by atoms with Crippen LogP contribution < -0.4 is 0 Å². The van der Waals surface area contributed by atoms with Gasteiger partial charge in [0.2, 0.25) is 0 Å². The zero-order valence-electron chi connectivity index (χ0n) is 10.2. The van der Waals surface area contributed by atoms with E-state index in [0.29, 0.717) is 5.56 Å². The molecule has 0 atom stereocenters. The number of benzene rings is 1. The first-order chi connectivity index (χ1) is 9.08. The van der Waals surface area contributed by atoms with Crippen molar-refractivity contribution in [2.24, 2.45) is 0 Å². The molecule has 1 rings (SSSR count). The van der Waals surface area contributed by atoms with Crippen LogP contribution in [0.15, 0.2) is 18.2 Å². The maximum atomic E-state index is 11.0. The topological polar surface area (TPSA) is 93.2 Å². The lowest BCUT2D eigenvalue weighted by Crippen LogP contribution is -2.01. The first-order valence-corrected chi connectivity index (χ1v) is 5.41. The van der Waals surface area contributed by atoms with Crippen LogP contribution in [0.25, 0.3) is 0 Å². The molecule has 0 N–H and O–H groups in total. The smallest absolute Gasteiger partial charge is 0.317 e. The SMILES string of the molecule is CCOC(=O)CC#Cc1ccc(C#N)c([N+](=O)[O-])c1. The van der Waals surface area contributed by atoms with Crippen molar-refractivity contribution in [3.63, 3.8) is 0 Å². The van der Waals surface area contributed by atoms with Gasteiger partial charge in [0.15, 0.2) is 0 Å². The van der Waals surface area contributed by atoms with E-state index in [1.54, 1.807) is 13.0 Å². The predicted molar refractivity (Wildman–Crippen MR) is 65.9 cm³/mol. The van der Waals surface area contributed by atoms with Crippen LogP contribution in [0.4, 0.5) is 5.69 Å². The Morgan fingerprint density at radius 2 is 2.26 bits per heavy atom. The summed E-state index contributed by atoms with van der Waals surface area (Å²) in [6.07, 6.45) is -0.0817. The lowest BCUT2D eigenvalue weighted by Gasteiger charge is -1.96. The standard InChI is InChI=1S/C13H10N2O4/c1-2-19-13(16)5-3-4-10-6-7-11(9-14)12(8-10)15(17)18/h6-8H,2,5H2,1H3. The van der Waals surface area contributed by atoms with Gasteiger partial charge in [0.1, 0.15) is 18.1 Å². The summed E-state index contributed by atoms with van der Waals surface area (Å²) in [6.45, 7) is 1.97. The minimum absolute atomic E-state index is 0.0269. The van der Waals surface area contributed by atoms with E-state index in [-0.39, 0.29) is 24.3 Å². The number of nitro groups is 1. The quantitative estimate of drug-likeness (QED) is 0.356. The Morgan fingerprint density at radius 1 is 1.53 bits per heavy atom. The summed E-state index contributed by atoms with van der Waals surface area (Å²) in [7, 11) is 0. The van der Waals surface area contributed by atoms with E-state index in [0.717, 1.165) is 0 Å². The summed E-state index contributed by atoms with van der Waals surface area (Å²) in [5.41, 5.74) is 0.0429. The molecular weight excluding hydrogens is 248 g/mol. The molecule has 0 aliphatic carbocycles. The normalized spacial score (nSPS) is 8.84. The van der Waals surface area contributed by atoms with Gasteiger partial charge in [-0.1, -0.05) is 11.8 Å². The predicted octanol–water partition coefficient (Wildman–Crippen LogP) is 1.77. The lowest BCUT2D eigenvalue weighted by atomic mass is 10.1. The molecule has 0 amide bonds. The maximum Gasteiger partial charge on any atom is 0.317 e. The third kappa shape index (κ3) is 4.14. The second-order valence-electron chi connectivity index (χ2n) is 3.38. The van der Waals surface area contributed by atoms with Crippen molar-refractivity contribution in [1.29, 1.82) is 5.26 Å². The monoisotopic (exact) mass is 258 g/mol. The number of carbonyl (C=O) groups is 1. The molecule has 0 unspecified atom stereocenters. The molecule has 0 saturated heterocycles. The molecule has 6 nitrogen and oxygen atoms in total. The molecule has 6 heteroatoms. The fraction of sp³-hybridized carbons (Fsp3) is 0.231. The van der Waals surface area contributed by atoms with Gasteiger partial charge in [0.05, 0.1) is 11.5 Å². The van der Waals surface area contributed by atoms with E-state index >= 15 is 0 Å². The summed E-state index contributed by atoms with van der Waals surface area (Å²) < 4.78 is 4.69. The van der Waals surface area contributed by atoms with Crippen LogP contribution in [0.3, 0.4) is 0 Å². The van der Waals surface area contributed by atoms with Gasteiger partial charge in [-0.25, -0.2) is 0 Å². The van der Waals surface area contributed by atoms with E-state index < -0.39 is 10.9 Å². The average molecular weight is 258 g/mol. The van der Waals surface area contributed by atoms with E-state index in [1.165, 1.54) is 18.2 Å². The van der Waals surface area contributed by atoms with Gasteiger partial charge in [-0.2, -0.15) is 5.26 Å². The van der Waals surface area contributed by atoms with Crippen molar-refractivity contribution in [2.45, 2.75) is 13.3 Å². The highest BCUT2D eigenvalue weighted by molar-refractivity contribution is 5.72. The Bertz CT molecular complexity index is 605. The van der Waals surface area contributed by atoms with E-state index in [4.69, 9.17) is 5.26 Å². The molecule has 0 aromatic heterocycles. The first kappa shape index (κ1) is 14.2. The Hall–Kier alpha value is -2.86. The number of nitro benzene ring substituents is 1. The molecule has 0 saturated carbocycles. The van der Waals surface area contributed by atoms with Crippen LogP contribution in [0.1, 0.15) is 24.5 Å². The van der Waals surface area contributed by atoms with Gasteiger partial charge in [0, 0.05) is 11.6 Å². The van der Waals surface area contributed by atoms with Crippen LogP contribution in [-0.2, 0) is 9.53 Å². The van der Waals surface area contributed by atoms with Crippen LogP contribution in [0, 0.1) is 33.3 Å². The molecule has 0 aliphatic rings. The fourth-order valence-corrected chi connectivity index (χ4v) is 1.29. The highest BCUT2D eigenvalue weighted by Crippen LogP contribution is 2.18. The Balaban J connectivity index is 2.90. The van der Waals surface area contributed by atoms with Crippen LogP contribution in [0.5, 0.6) is 0 Å². The number of hydrogen-bond donors (Lipinski definition) is 0. The summed E-state index contributed by atoms with van der Waals surface area (Å²) in [5, 5.41) is 19.4. The summed E-state index contributed by atoms with van der Waals surface area (Å²) in [6, 6.07) is 5.75. The summed E-state index contributed by atoms with van der Waals surface area (Å²) >= 11 is 0. The van der Waals surface area contributed by atoms with E-state index in [9.17, 15) is 14.9 Å². The van der Waals surface area contributed by atoms with Gasteiger partial charge in [0.25, 0.3) is 5.69 Å². The molecule has 1 aromatic rings. The number of nitriles is 1. The van der Waals surface area contributed by atoms with Crippen molar-refractivity contribution < 1.29 is 14.5 Å². The Labute approximate surface area is 109 Å². The van der Waals surface area contributed by atoms with E-state index in [1.807, 2.05) is 0 Å². The fourth-order valence-electron chi connectivity index (χ4n) is 1.29. The number of esters is 1. The first-order valence-electron chi connectivity index (χ1n) is 5.41. The van der Waals surface area contributed by atoms with Gasteiger partial charge in [-0.05, 0) is 19.1 Å². The zero-order valence-corrected chi connectivity index (χ0v) is 10.2.